The lowest BCUT2D eigenvalue weighted by molar-refractivity contribution is 0.0601. The van der Waals surface area contributed by atoms with Crippen LogP contribution in [0.5, 0.6) is 0 Å². The third-order valence-electron chi connectivity index (χ3n) is 3.19. The molecular weight excluding hydrogens is 250 g/mol. The van der Waals surface area contributed by atoms with Gasteiger partial charge in [0.25, 0.3) is 0 Å². The number of rotatable bonds is 4. The van der Waals surface area contributed by atoms with Gasteiger partial charge in [0.05, 0.1) is 7.11 Å². The van der Waals surface area contributed by atoms with Gasteiger partial charge in [-0.2, -0.15) is 11.8 Å². The lowest BCUT2D eigenvalue weighted by Crippen LogP contribution is -2.27. The average Bonchev–Trinajstić information content (AvgIpc) is 2.86. The van der Waals surface area contributed by atoms with Crippen molar-refractivity contribution in [2.75, 3.05) is 18.7 Å². The second-order valence-electron chi connectivity index (χ2n) is 4.23. The molecule has 0 amide bonds. The van der Waals surface area contributed by atoms with Crippen LogP contribution in [0.2, 0.25) is 0 Å². The molecule has 2 rings (SSSR count). The number of methoxy groups -OCH3 is 1. The summed E-state index contributed by atoms with van der Waals surface area (Å²) < 4.78 is 4.73. The fourth-order valence-electron chi connectivity index (χ4n) is 2.25. The number of esters is 1. The molecule has 2 atom stereocenters. The Bertz CT molecular complexity index is 428. The predicted octanol–water partition coefficient (Wildman–Crippen LogP) is 1.96. The SMILES string of the molecule is COC(=O)c1cncnc1NC1CCCC1SC. The number of aromatic nitrogens is 2. The van der Waals surface area contributed by atoms with Gasteiger partial charge in [-0.05, 0) is 19.1 Å². The Morgan fingerprint density at radius 3 is 3.11 bits per heavy atom. The van der Waals surface area contributed by atoms with Crippen LogP contribution in [-0.4, -0.2) is 40.6 Å². The third-order valence-corrected chi connectivity index (χ3v) is 4.36. The number of anilines is 1. The monoisotopic (exact) mass is 267 g/mol. The summed E-state index contributed by atoms with van der Waals surface area (Å²) in [5.74, 6) is 0.166. The number of carbonyl (C=O) groups excluding carboxylic acids is 1. The van der Waals surface area contributed by atoms with Gasteiger partial charge in [-0.15, -0.1) is 0 Å². The van der Waals surface area contributed by atoms with Gasteiger partial charge in [0.1, 0.15) is 17.7 Å². The van der Waals surface area contributed by atoms with E-state index in [0.29, 0.717) is 22.7 Å². The normalized spacial score (nSPS) is 22.8. The van der Waals surface area contributed by atoms with Gasteiger partial charge in [-0.1, -0.05) is 6.42 Å². The smallest absolute Gasteiger partial charge is 0.343 e. The number of nitrogens with one attached hydrogen (secondary N) is 1. The molecule has 1 aromatic heterocycles. The first-order chi connectivity index (χ1) is 8.76. The summed E-state index contributed by atoms with van der Waals surface area (Å²) in [5.41, 5.74) is 0.395. The minimum atomic E-state index is -0.406. The van der Waals surface area contributed by atoms with E-state index in [1.165, 1.54) is 32.5 Å². The molecule has 1 heterocycles. The number of hydrogen-bond donors (Lipinski definition) is 1. The number of ether oxygens (including phenoxy) is 1. The maximum Gasteiger partial charge on any atom is 0.343 e. The minimum absolute atomic E-state index is 0.360. The number of carbonyl (C=O) groups is 1. The molecule has 0 bridgehead atoms. The Hall–Kier alpha value is -1.30. The first-order valence-corrected chi connectivity index (χ1v) is 7.22. The maximum absolute atomic E-state index is 11.6. The third kappa shape index (κ3) is 2.75. The molecule has 1 aliphatic rings. The largest absolute Gasteiger partial charge is 0.465 e. The Morgan fingerprint density at radius 1 is 1.56 bits per heavy atom. The van der Waals surface area contributed by atoms with Crippen molar-refractivity contribution < 1.29 is 9.53 Å². The Balaban J connectivity index is 2.16. The zero-order valence-electron chi connectivity index (χ0n) is 10.5. The van der Waals surface area contributed by atoms with Crippen molar-refractivity contribution in [3.63, 3.8) is 0 Å². The summed E-state index contributed by atoms with van der Waals surface area (Å²) in [7, 11) is 1.36. The highest BCUT2D eigenvalue weighted by molar-refractivity contribution is 7.99. The molecule has 0 radical (unpaired) electrons. The van der Waals surface area contributed by atoms with E-state index >= 15 is 0 Å². The van der Waals surface area contributed by atoms with Crippen LogP contribution in [0.3, 0.4) is 0 Å². The number of hydrogen-bond acceptors (Lipinski definition) is 6. The molecule has 1 aliphatic carbocycles. The van der Waals surface area contributed by atoms with E-state index < -0.39 is 5.97 Å². The molecule has 1 fully saturated rings. The fraction of sp³-hybridized carbons (Fsp3) is 0.583. The molecule has 1 N–H and O–H groups in total. The van der Waals surface area contributed by atoms with Crippen molar-refractivity contribution >= 4 is 23.5 Å². The quantitative estimate of drug-likeness (QED) is 0.841. The zero-order chi connectivity index (χ0) is 13.0. The van der Waals surface area contributed by atoms with Crippen molar-refractivity contribution in [3.05, 3.63) is 18.1 Å². The lowest BCUT2D eigenvalue weighted by Gasteiger charge is -2.20. The van der Waals surface area contributed by atoms with Crippen molar-refractivity contribution in [1.29, 1.82) is 0 Å². The lowest BCUT2D eigenvalue weighted by atomic mass is 10.2. The van der Waals surface area contributed by atoms with E-state index in [1.807, 2.05) is 11.8 Å². The first-order valence-electron chi connectivity index (χ1n) is 5.94. The highest BCUT2D eigenvalue weighted by Crippen LogP contribution is 2.30. The maximum atomic E-state index is 11.6. The zero-order valence-corrected chi connectivity index (χ0v) is 11.4. The van der Waals surface area contributed by atoms with E-state index in [1.54, 1.807) is 0 Å². The highest BCUT2D eigenvalue weighted by atomic mass is 32.2. The van der Waals surface area contributed by atoms with Gasteiger partial charge in [0, 0.05) is 17.5 Å². The van der Waals surface area contributed by atoms with Crippen molar-refractivity contribution in [1.82, 2.24) is 9.97 Å². The van der Waals surface area contributed by atoms with Gasteiger partial charge in [0.15, 0.2) is 0 Å². The van der Waals surface area contributed by atoms with E-state index in [9.17, 15) is 4.79 Å². The molecule has 0 spiro atoms. The van der Waals surface area contributed by atoms with Crippen LogP contribution in [0.4, 0.5) is 5.82 Å². The van der Waals surface area contributed by atoms with Gasteiger partial charge < -0.3 is 10.1 Å². The highest BCUT2D eigenvalue weighted by Gasteiger charge is 2.28. The molecule has 1 saturated carbocycles. The molecule has 5 nitrogen and oxygen atoms in total. The standard InChI is InChI=1S/C12H17N3O2S/c1-17-12(16)8-6-13-7-14-11(8)15-9-4-3-5-10(9)18-2/h6-7,9-10H,3-5H2,1-2H3,(H,13,14,15). The summed E-state index contributed by atoms with van der Waals surface area (Å²) in [6.45, 7) is 0. The summed E-state index contributed by atoms with van der Waals surface area (Å²) in [6, 6.07) is 0.360. The van der Waals surface area contributed by atoms with Crippen LogP contribution in [-0.2, 0) is 4.74 Å². The van der Waals surface area contributed by atoms with Gasteiger partial charge in [0.2, 0.25) is 0 Å². The van der Waals surface area contributed by atoms with Crippen molar-refractivity contribution in [2.45, 2.75) is 30.6 Å². The van der Waals surface area contributed by atoms with Crippen LogP contribution in [0, 0.1) is 0 Å². The van der Waals surface area contributed by atoms with Crippen LogP contribution in [0.25, 0.3) is 0 Å². The van der Waals surface area contributed by atoms with E-state index in [0.717, 1.165) is 6.42 Å². The average molecular weight is 267 g/mol. The summed E-state index contributed by atoms with van der Waals surface area (Å²) in [5, 5.41) is 3.93. The van der Waals surface area contributed by atoms with Crippen LogP contribution >= 0.6 is 11.8 Å². The molecule has 6 heteroatoms. The topological polar surface area (TPSA) is 64.1 Å². The molecule has 0 aromatic carbocycles. The summed E-state index contributed by atoms with van der Waals surface area (Å²) >= 11 is 1.86. The minimum Gasteiger partial charge on any atom is -0.465 e. The van der Waals surface area contributed by atoms with Gasteiger partial charge in [-0.3, -0.25) is 0 Å². The number of nitrogens with zero attached hydrogens (tertiary/aromatic N) is 2. The Morgan fingerprint density at radius 2 is 2.39 bits per heavy atom. The second kappa shape index (κ2) is 6.04. The molecule has 1 aromatic rings. The molecule has 0 saturated heterocycles. The summed E-state index contributed by atoms with van der Waals surface area (Å²) in [4.78, 5) is 19.6. The van der Waals surface area contributed by atoms with Crippen LogP contribution in [0.1, 0.15) is 29.6 Å². The van der Waals surface area contributed by atoms with Gasteiger partial charge >= 0.3 is 5.97 Å². The second-order valence-corrected chi connectivity index (χ2v) is 5.31. The Labute approximate surface area is 111 Å². The first kappa shape index (κ1) is 13.1. The molecular formula is C12H17N3O2S. The molecule has 0 aliphatic heterocycles. The van der Waals surface area contributed by atoms with E-state index in [4.69, 9.17) is 4.74 Å². The molecule has 98 valence electrons. The van der Waals surface area contributed by atoms with E-state index in [2.05, 4.69) is 21.5 Å². The fourth-order valence-corrected chi connectivity index (χ4v) is 3.19. The van der Waals surface area contributed by atoms with Crippen LogP contribution in [0.15, 0.2) is 12.5 Å². The Kier molecular flexibility index (Phi) is 4.41. The molecule has 2 unspecified atom stereocenters. The summed E-state index contributed by atoms with van der Waals surface area (Å²) in [6.07, 6.45) is 8.57. The van der Waals surface area contributed by atoms with Crippen molar-refractivity contribution in [2.24, 2.45) is 0 Å². The van der Waals surface area contributed by atoms with Crippen LogP contribution < -0.4 is 5.32 Å². The van der Waals surface area contributed by atoms with Gasteiger partial charge in [-0.25, -0.2) is 14.8 Å². The number of thioether (sulfide) groups is 1. The van der Waals surface area contributed by atoms with Crippen molar-refractivity contribution in [3.8, 4) is 0 Å². The predicted molar refractivity (Wildman–Crippen MR) is 71.9 cm³/mol. The molecule has 18 heavy (non-hydrogen) atoms. The van der Waals surface area contributed by atoms with E-state index in [-0.39, 0.29) is 0 Å².